The van der Waals surface area contributed by atoms with E-state index in [1.807, 2.05) is 7.11 Å². The zero-order chi connectivity index (χ0) is 8.27. The summed E-state index contributed by atoms with van der Waals surface area (Å²) in [6.07, 6.45) is 2.98. The van der Waals surface area contributed by atoms with Crippen molar-refractivity contribution in [1.29, 1.82) is 0 Å². The molecule has 2 unspecified atom stereocenters. The molecule has 1 aliphatic rings. The second kappa shape index (κ2) is 4.07. The summed E-state index contributed by atoms with van der Waals surface area (Å²) in [4.78, 5) is 0. The molecule has 2 heteroatoms. The number of methoxy groups -OCH3 is 1. The molecule has 1 saturated heterocycles. The van der Waals surface area contributed by atoms with Crippen molar-refractivity contribution in [2.24, 2.45) is 5.92 Å². The first-order valence-corrected chi connectivity index (χ1v) is 4.52. The Hall–Kier alpha value is -0.0800. The summed E-state index contributed by atoms with van der Waals surface area (Å²) in [7, 11) is 1.81. The van der Waals surface area contributed by atoms with Crippen LogP contribution in [-0.2, 0) is 4.74 Å². The van der Waals surface area contributed by atoms with Crippen molar-refractivity contribution < 1.29 is 4.74 Å². The highest BCUT2D eigenvalue weighted by atomic mass is 16.5. The van der Waals surface area contributed by atoms with Crippen molar-refractivity contribution in [3.8, 4) is 0 Å². The Morgan fingerprint density at radius 1 is 1.45 bits per heavy atom. The third kappa shape index (κ3) is 2.17. The van der Waals surface area contributed by atoms with Crippen LogP contribution >= 0.6 is 0 Å². The molecule has 1 rings (SSSR count). The molecule has 0 aromatic heterocycles. The summed E-state index contributed by atoms with van der Waals surface area (Å²) < 4.78 is 5.43. The van der Waals surface area contributed by atoms with E-state index in [0.29, 0.717) is 18.1 Å². The Morgan fingerprint density at radius 2 is 2.18 bits per heavy atom. The van der Waals surface area contributed by atoms with E-state index in [4.69, 9.17) is 4.74 Å². The van der Waals surface area contributed by atoms with Gasteiger partial charge in [0.2, 0.25) is 0 Å². The molecule has 0 spiro atoms. The lowest BCUT2D eigenvalue weighted by Crippen LogP contribution is -2.39. The van der Waals surface area contributed by atoms with Crippen molar-refractivity contribution in [2.75, 3.05) is 13.7 Å². The van der Waals surface area contributed by atoms with Crippen LogP contribution in [0.1, 0.15) is 26.7 Å². The zero-order valence-corrected chi connectivity index (χ0v) is 7.76. The van der Waals surface area contributed by atoms with Crippen molar-refractivity contribution in [3.05, 3.63) is 0 Å². The average molecular weight is 157 g/mol. The van der Waals surface area contributed by atoms with Crippen LogP contribution in [0, 0.1) is 5.92 Å². The summed E-state index contributed by atoms with van der Waals surface area (Å²) in [6.45, 7) is 5.60. The molecule has 1 aliphatic heterocycles. The van der Waals surface area contributed by atoms with E-state index in [1.165, 1.54) is 12.8 Å². The van der Waals surface area contributed by atoms with Gasteiger partial charge in [0, 0.05) is 13.2 Å². The molecule has 0 aliphatic carbocycles. The van der Waals surface area contributed by atoms with Gasteiger partial charge < -0.3 is 10.1 Å². The molecule has 2 nitrogen and oxygen atoms in total. The maximum atomic E-state index is 5.43. The Morgan fingerprint density at radius 3 is 2.55 bits per heavy atom. The number of hydrogen-bond acceptors (Lipinski definition) is 2. The molecule has 1 fully saturated rings. The lowest BCUT2D eigenvalue weighted by molar-refractivity contribution is 0.0386. The fourth-order valence-corrected chi connectivity index (χ4v) is 1.89. The van der Waals surface area contributed by atoms with Gasteiger partial charge in [-0.05, 0) is 25.3 Å². The van der Waals surface area contributed by atoms with Crippen molar-refractivity contribution in [1.82, 2.24) is 5.32 Å². The Bertz CT molecular complexity index is 108. The predicted molar refractivity (Wildman–Crippen MR) is 46.7 cm³/mol. The highest BCUT2D eigenvalue weighted by Crippen LogP contribution is 2.17. The smallest absolute Gasteiger partial charge is 0.0747 e. The normalized spacial score (nSPS) is 27.8. The molecule has 1 N–H and O–H groups in total. The van der Waals surface area contributed by atoms with Gasteiger partial charge in [0.25, 0.3) is 0 Å². The first-order chi connectivity index (χ1) is 5.25. The van der Waals surface area contributed by atoms with Gasteiger partial charge in [-0.15, -0.1) is 0 Å². The third-order valence-corrected chi connectivity index (χ3v) is 2.42. The zero-order valence-electron chi connectivity index (χ0n) is 7.76. The third-order valence-electron chi connectivity index (χ3n) is 2.42. The van der Waals surface area contributed by atoms with Gasteiger partial charge in [0.1, 0.15) is 0 Å². The molecule has 2 atom stereocenters. The lowest BCUT2D eigenvalue weighted by Gasteiger charge is -2.25. The minimum atomic E-state index is 0.400. The van der Waals surface area contributed by atoms with Gasteiger partial charge >= 0.3 is 0 Å². The van der Waals surface area contributed by atoms with E-state index >= 15 is 0 Å². The van der Waals surface area contributed by atoms with Crippen molar-refractivity contribution in [3.63, 3.8) is 0 Å². The molecule has 0 radical (unpaired) electrons. The average Bonchev–Trinajstić information content (AvgIpc) is 2.40. The van der Waals surface area contributed by atoms with E-state index in [2.05, 4.69) is 19.2 Å². The van der Waals surface area contributed by atoms with Crippen molar-refractivity contribution in [2.45, 2.75) is 38.8 Å². The SMILES string of the molecule is COC(C(C)C)C1CCCN1. The summed E-state index contributed by atoms with van der Waals surface area (Å²) in [6, 6.07) is 0.597. The maximum absolute atomic E-state index is 5.43. The number of nitrogens with one attached hydrogen (secondary N) is 1. The van der Waals surface area contributed by atoms with Gasteiger partial charge in [0.15, 0.2) is 0 Å². The molecule has 0 saturated carbocycles. The molecular weight excluding hydrogens is 138 g/mol. The summed E-state index contributed by atoms with van der Waals surface area (Å²) in [5.41, 5.74) is 0. The van der Waals surface area contributed by atoms with E-state index in [-0.39, 0.29) is 0 Å². The van der Waals surface area contributed by atoms with Crippen LogP contribution in [0.25, 0.3) is 0 Å². The van der Waals surface area contributed by atoms with E-state index < -0.39 is 0 Å². The predicted octanol–water partition coefficient (Wildman–Crippen LogP) is 1.41. The highest BCUT2D eigenvalue weighted by molar-refractivity contribution is 4.83. The van der Waals surface area contributed by atoms with Crippen LogP contribution in [0.5, 0.6) is 0 Å². The van der Waals surface area contributed by atoms with Gasteiger partial charge in [-0.3, -0.25) is 0 Å². The van der Waals surface area contributed by atoms with Gasteiger partial charge in [0.05, 0.1) is 6.10 Å². The van der Waals surface area contributed by atoms with Gasteiger partial charge in [-0.1, -0.05) is 13.8 Å². The monoisotopic (exact) mass is 157 g/mol. The molecule has 0 aromatic carbocycles. The lowest BCUT2D eigenvalue weighted by atomic mass is 9.98. The van der Waals surface area contributed by atoms with Gasteiger partial charge in [-0.25, -0.2) is 0 Å². The second-order valence-electron chi connectivity index (χ2n) is 3.65. The molecule has 0 aromatic rings. The molecular formula is C9H19NO. The Labute approximate surface area is 69.3 Å². The fourth-order valence-electron chi connectivity index (χ4n) is 1.89. The minimum absolute atomic E-state index is 0.400. The maximum Gasteiger partial charge on any atom is 0.0747 e. The van der Waals surface area contributed by atoms with Crippen molar-refractivity contribution >= 4 is 0 Å². The minimum Gasteiger partial charge on any atom is -0.380 e. The topological polar surface area (TPSA) is 21.3 Å². The van der Waals surface area contributed by atoms with Crippen LogP contribution in [0.2, 0.25) is 0 Å². The number of hydrogen-bond donors (Lipinski definition) is 1. The van der Waals surface area contributed by atoms with Crippen LogP contribution in [0.3, 0.4) is 0 Å². The first-order valence-electron chi connectivity index (χ1n) is 4.52. The molecule has 0 bridgehead atoms. The standard InChI is InChI=1S/C9H19NO/c1-7(2)9(11-3)8-5-4-6-10-8/h7-10H,4-6H2,1-3H3. The summed E-state index contributed by atoms with van der Waals surface area (Å²) in [5.74, 6) is 0.621. The van der Waals surface area contributed by atoms with E-state index in [9.17, 15) is 0 Å². The molecule has 0 amide bonds. The molecule has 1 heterocycles. The molecule has 11 heavy (non-hydrogen) atoms. The Kier molecular flexibility index (Phi) is 3.34. The molecule has 66 valence electrons. The largest absolute Gasteiger partial charge is 0.380 e. The van der Waals surface area contributed by atoms with Gasteiger partial charge in [-0.2, -0.15) is 0 Å². The van der Waals surface area contributed by atoms with Crippen LogP contribution < -0.4 is 5.32 Å². The van der Waals surface area contributed by atoms with Crippen LogP contribution in [-0.4, -0.2) is 25.8 Å². The van der Waals surface area contributed by atoms with Crippen LogP contribution in [0.4, 0.5) is 0 Å². The quantitative estimate of drug-likeness (QED) is 0.669. The summed E-state index contributed by atoms with van der Waals surface area (Å²) >= 11 is 0. The Balaban J connectivity index is 2.40. The van der Waals surface area contributed by atoms with E-state index in [0.717, 1.165) is 6.54 Å². The van der Waals surface area contributed by atoms with E-state index in [1.54, 1.807) is 0 Å². The summed E-state index contributed by atoms with van der Waals surface area (Å²) in [5, 5.41) is 3.46. The van der Waals surface area contributed by atoms with Crippen LogP contribution in [0.15, 0.2) is 0 Å². The first kappa shape index (κ1) is 9.01. The highest BCUT2D eigenvalue weighted by Gasteiger charge is 2.26. The number of ether oxygens (including phenoxy) is 1. The second-order valence-corrected chi connectivity index (χ2v) is 3.65. The fraction of sp³-hybridized carbons (Fsp3) is 1.00. The number of rotatable bonds is 3.